The van der Waals surface area contributed by atoms with Crippen molar-refractivity contribution >= 4 is 29.1 Å². The van der Waals surface area contributed by atoms with Crippen molar-refractivity contribution in [2.45, 2.75) is 65.4 Å². The van der Waals surface area contributed by atoms with Gasteiger partial charge in [0.1, 0.15) is 6.29 Å². The van der Waals surface area contributed by atoms with Gasteiger partial charge in [-0.25, -0.2) is 5.06 Å². The molecule has 5 nitrogen and oxygen atoms in total. The summed E-state index contributed by atoms with van der Waals surface area (Å²) in [4.78, 5) is 39.6. The molecule has 138 valence electrons. The van der Waals surface area contributed by atoms with E-state index in [4.69, 9.17) is 4.84 Å². The maximum atomic E-state index is 12.2. The minimum absolute atomic E-state index is 0.106. The van der Waals surface area contributed by atoms with Crippen LogP contribution in [0.4, 0.5) is 0 Å². The molecule has 0 saturated carbocycles. The van der Waals surface area contributed by atoms with Crippen LogP contribution in [0.3, 0.4) is 0 Å². The van der Waals surface area contributed by atoms with Crippen molar-refractivity contribution in [2.75, 3.05) is 12.8 Å². The van der Waals surface area contributed by atoms with E-state index >= 15 is 0 Å². The predicted molar refractivity (Wildman–Crippen MR) is 98.5 cm³/mol. The van der Waals surface area contributed by atoms with Crippen LogP contribution in [0.25, 0.3) is 0 Å². The van der Waals surface area contributed by atoms with E-state index in [0.29, 0.717) is 12.2 Å². The minimum atomic E-state index is -0.215. The Morgan fingerprint density at radius 3 is 2.54 bits per heavy atom. The molecule has 0 bridgehead atoms. The second kappa shape index (κ2) is 14.2. The number of amides is 1. The monoisotopic (exact) mass is 357 g/mol. The Labute approximate surface area is 150 Å². The van der Waals surface area contributed by atoms with Crippen LogP contribution in [0.15, 0.2) is 12.2 Å². The first-order valence-corrected chi connectivity index (χ1v) is 9.59. The molecule has 24 heavy (non-hydrogen) atoms. The van der Waals surface area contributed by atoms with Crippen LogP contribution in [0.1, 0.15) is 59.3 Å². The van der Waals surface area contributed by atoms with Crippen LogP contribution in [-0.2, 0) is 19.2 Å². The molecule has 2 atom stereocenters. The molecular weight excluding hydrogens is 326 g/mol. The third-order valence-electron chi connectivity index (χ3n) is 3.68. The maximum absolute atomic E-state index is 12.2. The highest BCUT2D eigenvalue weighted by Crippen LogP contribution is 2.21. The summed E-state index contributed by atoms with van der Waals surface area (Å²) in [7, 11) is 1.55. The predicted octanol–water partition coefficient (Wildman–Crippen LogP) is 3.78. The van der Waals surface area contributed by atoms with Gasteiger partial charge < -0.3 is 4.79 Å². The van der Waals surface area contributed by atoms with E-state index < -0.39 is 0 Å². The zero-order valence-electron chi connectivity index (χ0n) is 15.3. The third-order valence-corrected chi connectivity index (χ3v) is 4.74. The van der Waals surface area contributed by atoms with Crippen molar-refractivity contribution in [1.82, 2.24) is 5.06 Å². The molecule has 0 aliphatic carbocycles. The standard InChI is InChI=1S/C18H31NO4S/c1-5-7-8-10-16(6-2)18(22)24-14-12-15(3)23-19(4)17(21)11-9-13-20/h5,7,13,15-16H,6,8-12,14H2,1-4H3/b7-5-. The first-order chi connectivity index (χ1) is 11.5. The van der Waals surface area contributed by atoms with Crippen molar-refractivity contribution in [3.63, 3.8) is 0 Å². The van der Waals surface area contributed by atoms with Gasteiger partial charge in [-0.05, 0) is 39.5 Å². The number of carbonyl (C=O) groups is 3. The Morgan fingerprint density at radius 2 is 1.96 bits per heavy atom. The molecule has 1 amide bonds. The zero-order valence-corrected chi connectivity index (χ0v) is 16.1. The number of aldehydes is 1. The van der Waals surface area contributed by atoms with Crippen LogP contribution in [0.2, 0.25) is 0 Å². The summed E-state index contributed by atoms with van der Waals surface area (Å²) in [6, 6.07) is 0. The fourth-order valence-corrected chi connectivity index (χ4v) is 3.29. The molecule has 0 saturated heterocycles. The molecule has 0 fully saturated rings. The normalized spacial score (nSPS) is 13.7. The topological polar surface area (TPSA) is 63.7 Å². The lowest BCUT2D eigenvalue weighted by molar-refractivity contribution is -0.194. The van der Waals surface area contributed by atoms with Crippen molar-refractivity contribution in [1.29, 1.82) is 0 Å². The summed E-state index contributed by atoms with van der Waals surface area (Å²) in [6.45, 7) is 5.90. The summed E-state index contributed by atoms with van der Waals surface area (Å²) in [6.07, 6.45) is 8.42. The SMILES string of the molecule is C/C=C\CCC(CC)C(=O)SCCC(C)ON(C)C(=O)CCC=O. The van der Waals surface area contributed by atoms with E-state index in [1.54, 1.807) is 7.05 Å². The maximum Gasteiger partial charge on any atom is 0.246 e. The van der Waals surface area contributed by atoms with E-state index in [9.17, 15) is 14.4 Å². The van der Waals surface area contributed by atoms with E-state index in [0.717, 1.165) is 25.5 Å². The van der Waals surface area contributed by atoms with Crippen LogP contribution in [0, 0.1) is 5.92 Å². The third kappa shape index (κ3) is 10.6. The van der Waals surface area contributed by atoms with Crippen LogP contribution >= 0.6 is 11.8 Å². The highest BCUT2D eigenvalue weighted by atomic mass is 32.2. The number of hydrogen-bond acceptors (Lipinski definition) is 5. The highest BCUT2D eigenvalue weighted by molar-refractivity contribution is 8.13. The van der Waals surface area contributed by atoms with Crippen LogP contribution < -0.4 is 0 Å². The van der Waals surface area contributed by atoms with Crippen molar-refractivity contribution in [2.24, 2.45) is 5.92 Å². The van der Waals surface area contributed by atoms with Crippen molar-refractivity contribution in [3.8, 4) is 0 Å². The number of hydrogen-bond donors (Lipinski definition) is 0. The van der Waals surface area contributed by atoms with Crippen molar-refractivity contribution in [3.05, 3.63) is 12.2 Å². The highest BCUT2D eigenvalue weighted by Gasteiger charge is 2.17. The van der Waals surface area contributed by atoms with E-state index in [2.05, 4.69) is 6.08 Å². The molecule has 0 aromatic carbocycles. The smallest absolute Gasteiger partial charge is 0.246 e. The van der Waals surface area contributed by atoms with Gasteiger partial charge in [-0.2, -0.15) is 0 Å². The van der Waals surface area contributed by atoms with E-state index in [1.807, 2.05) is 26.8 Å². The molecule has 0 aliphatic heterocycles. The fraction of sp³-hybridized carbons (Fsp3) is 0.722. The van der Waals surface area contributed by atoms with Gasteiger partial charge in [0.25, 0.3) is 0 Å². The van der Waals surface area contributed by atoms with Crippen LogP contribution in [0.5, 0.6) is 0 Å². The number of rotatable bonds is 13. The van der Waals surface area contributed by atoms with Crippen molar-refractivity contribution < 1.29 is 19.2 Å². The molecule has 0 aromatic rings. The molecule has 0 radical (unpaired) electrons. The average molecular weight is 358 g/mol. The van der Waals surface area contributed by atoms with Gasteiger partial charge in [0.15, 0.2) is 5.12 Å². The quantitative estimate of drug-likeness (QED) is 0.285. The Kier molecular flexibility index (Phi) is 13.5. The van der Waals surface area contributed by atoms with Gasteiger partial charge in [0.2, 0.25) is 5.91 Å². The Balaban J connectivity index is 4.04. The summed E-state index contributed by atoms with van der Waals surface area (Å²) in [5.74, 6) is 0.568. The lowest BCUT2D eigenvalue weighted by atomic mass is 10.0. The first kappa shape index (κ1) is 22.9. The minimum Gasteiger partial charge on any atom is -0.303 e. The molecule has 0 N–H and O–H groups in total. The van der Waals surface area contributed by atoms with Gasteiger partial charge in [-0.15, -0.1) is 0 Å². The number of allylic oxidation sites excluding steroid dienone is 2. The fourth-order valence-electron chi connectivity index (χ4n) is 2.12. The Bertz CT molecular complexity index is 412. The molecule has 0 spiro atoms. The number of nitrogens with zero attached hydrogens (tertiary/aromatic N) is 1. The van der Waals surface area contributed by atoms with E-state index in [1.165, 1.54) is 16.8 Å². The van der Waals surface area contributed by atoms with Gasteiger partial charge in [0.05, 0.1) is 6.10 Å². The van der Waals surface area contributed by atoms with E-state index in [-0.39, 0.29) is 35.9 Å². The number of thioether (sulfide) groups is 1. The van der Waals surface area contributed by atoms with Gasteiger partial charge in [-0.1, -0.05) is 30.8 Å². The largest absolute Gasteiger partial charge is 0.303 e. The molecule has 0 aromatic heterocycles. The first-order valence-electron chi connectivity index (χ1n) is 8.60. The lowest BCUT2D eigenvalue weighted by Crippen LogP contribution is -2.31. The zero-order chi connectivity index (χ0) is 18.4. The summed E-state index contributed by atoms with van der Waals surface area (Å²) < 4.78 is 0. The molecule has 0 heterocycles. The number of carbonyl (C=O) groups excluding carboxylic acids is 3. The van der Waals surface area contributed by atoms with Gasteiger partial charge in [0, 0.05) is 31.6 Å². The summed E-state index contributed by atoms with van der Waals surface area (Å²) >= 11 is 1.35. The second-order valence-electron chi connectivity index (χ2n) is 5.72. The summed E-state index contributed by atoms with van der Waals surface area (Å²) in [5.41, 5.74) is 0. The molecule has 0 aliphatic rings. The molecule has 6 heteroatoms. The number of hydroxylamine groups is 2. The Hall–Kier alpha value is -1.14. The average Bonchev–Trinajstić information content (AvgIpc) is 2.56. The van der Waals surface area contributed by atoms with Gasteiger partial charge >= 0.3 is 0 Å². The van der Waals surface area contributed by atoms with Gasteiger partial charge in [-0.3, -0.25) is 14.4 Å². The molecule has 2 unspecified atom stereocenters. The Morgan fingerprint density at radius 1 is 1.25 bits per heavy atom. The summed E-state index contributed by atoms with van der Waals surface area (Å²) in [5, 5.41) is 1.43. The second-order valence-corrected chi connectivity index (χ2v) is 6.82. The molecular formula is C18H31NO4S. The lowest BCUT2D eigenvalue weighted by Gasteiger charge is -2.21. The molecule has 0 rings (SSSR count). The van der Waals surface area contributed by atoms with Crippen LogP contribution in [-0.4, -0.2) is 41.3 Å².